The predicted molar refractivity (Wildman–Crippen MR) is 84.8 cm³/mol. The molecule has 0 aliphatic carbocycles. The van der Waals surface area contributed by atoms with Gasteiger partial charge in [-0.25, -0.2) is 5.10 Å². The number of nitrogens with zero attached hydrogens (tertiary/aromatic N) is 1. The van der Waals surface area contributed by atoms with Crippen molar-refractivity contribution >= 4 is 15.7 Å². The fourth-order valence-electron chi connectivity index (χ4n) is 2.05. The maximum Gasteiger partial charge on any atom is 0.416 e. The number of benzene rings is 1. The summed E-state index contributed by atoms with van der Waals surface area (Å²) in [6.07, 6.45) is -4.60. The van der Waals surface area contributed by atoms with Crippen molar-refractivity contribution in [2.24, 2.45) is 0 Å². The monoisotopic (exact) mass is 385 g/mol. The molecule has 136 valence electrons. The van der Waals surface area contributed by atoms with Gasteiger partial charge in [-0.2, -0.15) is 26.7 Å². The van der Waals surface area contributed by atoms with Gasteiger partial charge in [-0.05, 0) is 36.4 Å². The van der Waals surface area contributed by atoms with E-state index < -0.39 is 32.4 Å². The van der Waals surface area contributed by atoms with E-state index in [2.05, 4.69) is 10.2 Å². The van der Waals surface area contributed by atoms with Gasteiger partial charge in [0.15, 0.2) is 5.76 Å². The number of hydrogen-bond acceptors (Lipinski definition) is 5. The summed E-state index contributed by atoms with van der Waals surface area (Å²) in [5.74, 6) is 0.0608. The Kier molecular flexibility index (Phi) is 4.32. The Balaban J connectivity index is 1.88. The molecule has 2 heterocycles. The largest absolute Gasteiger partial charge is 0.441 e. The zero-order chi connectivity index (χ0) is 18.9. The summed E-state index contributed by atoms with van der Waals surface area (Å²) in [5, 5.41) is 5.35. The lowest BCUT2D eigenvalue weighted by atomic mass is 10.2. The Bertz CT molecular complexity index is 1080. The smallest absolute Gasteiger partial charge is 0.416 e. The van der Waals surface area contributed by atoms with Crippen LogP contribution in [0, 0.1) is 0 Å². The van der Waals surface area contributed by atoms with Crippen LogP contribution in [0.15, 0.2) is 62.8 Å². The van der Waals surface area contributed by atoms with Gasteiger partial charge < -0.3 is 4.42 Å². The number of aromatic nitrogens is 2. The molecule has 0 fully saturated rings. The zero-order valence-electron chi connectivity index (χ0n) is 12.7. The van der Waals surface area contributed by atoms with E-state index in [9.17, 15) is 26.4 Å². The van der Waals surface area contributed by atoms with Crippen LogP contribution in [0.25, 0.3) is 11.5 Å². The second-order valence-electron chi connectivity index (χ2n) is 5.11. The van der Waals surface area contributed by atoms with Crippen LogP contribution < -0.4 is 10.3 Å². The Morgan fingerprint density at radius 1 is 1.08 bits per heavy atom. The first kappa shape index (κ1) is 17.7. The Morgan fingerprint density at radius 3 is 2.50 bits per heavy atom. The minimum Gasteiger partial charge on any atom is -0.441 e. The van der Waals surface area contributed by atoms with Crippen molar-refractivity contribution in [2.45, 2.75) is 11.3 Å². The van der Waals surface area contributed by atoms with E-state index in [0.717, 1.165) is 18.2 Å². The number of rotatable bonds is 4. The first-order valence-corrected chi connectivity index (χ1v) is 8.49. The van der Waals surface area contributed by atoms with Crippen LogP contribution in [0.4, 0.5) is 18.9 Å². The predicted octanol–water partition coefficient (Wildman–Crippen LogP) is 2.85. The first-order chi connectivity index (χ1) is 12.1. The second kappa shape index (κ2) is 6.33. The highest BCUT2D eigenvalue weighted by Gasteiger charge is 2.31. The molecular formula is C15H10F3N3O4S. The summed E-state index contributed by atoms with van der Waals surface area (Å²) in [7, 11) is -4.25. The van der Waals surface area contributed by atoms with Crippen LogP contribution in [0.5, 0.6) is 0 Å². The van der Waals surface area contributed by atoms with Crippen LogP contribution in [0.2, 0.25) is 0 Å². The molecule has 0 bridgehead atoms. The number of nitrogens with one attached hydrogen (secondary N) is 2. The number of alkyl halides is 3. The maximum absolute atomic E-state index is 12.7. The lowest BCUT2D eigenvalue weighted by molar-refractivity contribution is -0.137. The van der Waals surface area contributed by atoms with Crippen molar-refractivity contribution in [3.8, 4) is 11.5 Å². The number of anilines is 1. The van der Waals surface area contributed by atoms with Gasteiger partial charge >= 0.3 is 6.18 Å². The van der Waals surface area contributed by atoms with Gasteiger partial charge in [0.05, 0.1) is 5.56 Å². The molecule has 3 rings (SSSR count). The van der Waals surface area contributed by atoms with Crippen LogP contribution in [-0.2, 0) is 16.2 Å². The minimum atomic E-state index is -4.60. The molecule has 7 nitrogen and oxygen atoms in total. The number of aromatic amines is 1. The van der Waals surface area contributed by atoms with E-state index in [1.165, 1.54) is 24.3 Å². The molecule has 0 saturated carbocycles. The Morgan fingerprint density at radius 2 is 1.85 bits per heavy atom. The van der Waals surface area contributed by atoms with Crippen molar-refractivity contribution in [3.63, 3.8) is 0 Å². The summed E-state index contributed by atoms with van der Waals surface area (Å²) in [6.45, 7) is 0. The summed E-state index contributed by atoms with van der Waals surface area (Å²) in [6, 6.07) is 8.70. The van der Waals surface area contributed by atoms with E-state index in [0.29, 0.717) is 6.07 Å². The second-order valence-corrected chi connectivity index (χ2v) is 6.72. The highest BCUT2D eigenvalue weighted by atomic mass is 32.2. The van der Waals surface area contributed by atoms with E-state index in [1.807, 2.05) is 4.72 Å². The maximum atomic E-state index is 12.7. The zero-order valence-corrected chi connectivity index (χ0v) is 13.6. The molecule has 0 unspecified atom stereocenters. The van der Waals surface area contributed by atoms with Gasteiger partial charge in [-0.1, -0.05) is 6.07 Å². The van der Waals surface area contributed by atoms with Gasteiger partial charge in [-0.15, -0.1) is 0 Å². The van der Waals surface area contributed by atoms with E-state index in [-0.39, 0.29) is 17.1 Å². The van der Waals surface area contributed by atoms with Crippen molar-refractivity contribution in [1.82, 2.24) is 10.2 Å². The molecule has 11 heteroatoms. The summed E-state index contributed by atoms with van der Waals surface area (Å²) < 4.78 is 69.9. The highest BCUT2D eigenvalue weighted by molar-refractivity contribution is 7.92. The van der Waals surface area contributed by atoms with Crippen molar-refractivity contribution < 1.29 is 26.0 Å². The SMILES string of the molecule is O=c1ccc(-c2ccc(S(=O)(=O)Nc3cccc(C(F)(F)F)c3)o2)n[nH]1. The van der Waals surface area contributed by atoms with Crippen molar-refractivity contribution in [2.75, 3.05) is 4.72 Å². The molecule has 0 amide bonds. The van der Waals surface area contributed by atoms with Crippen LogP contribution in [0.1, 0.15) is 5.56 Å². The van der Waals surface area contributed by atoms with Gasteiger partial charge in [0.2, 0.25) is 5.09 Å². The van der Waals surface area contributed by atoms with Gasteiger partial charge in [0.1, 0.15) is 5.69 Å². The molecule has 1 aromatic carbocycles. The molecule has 0 aliphatic heterocycles. The Hall–Kier alpha value is -3.08. The topological polar surface area (TPSA) is 105 Å². The fraction of sp³-hybridized carbons (Fsp3) is 0.0667. The standard InChI is InChI=1S/C15H10F3N3O4S/c16-15(17,18)9-2-1-3-10(8-9)21-26(23,24)14-7-5-12(25-14)11-4-6-13(22)20-19-11/h1-8,21H,(H,20,22). The summed E-state index contributed by atoms with van der Waals surface area (Å²) >= 11 is 0. The van der Waals surface area contributed by atoms with Crippen molar-refractivity contribution in [1.29, 1.82) is 0 Å². The average Bonchev–Trinajstić information content (AvgIpc) is 3.05. The lowest BCUT2D eigenvalue weighted by Gasteiger charge is -2.10. The molecule has 0 atom stereocenters. The molecular weight excluding hydrogens is 375 g/mol. The number of H-pyrrole nitrogens is 1. The third-order valence-corrected chi connectivity index (χ3v) is 4.47. The summed E-state index contributed by atoms with van der Waals surface area (Å²) in [4.78, 5) is 11.0. The average molecular weight is 385 g/mol. The normalized spacial score (nSPS) is 12.1. The third kappa shape index (κ3) is 3.77. The molecule has 0 radical (unpaired) electrons. The Labute approximate surface area is 144 Å². The molecule has 2 aromatic heterocycles. The number of hydrogen-bond donors (Lipinski definition) is 2. The van der Waals surface area contributed by atoms with Crippen LogP contribution in [0.3, 0.4) is 0 Å². The van der Waals surface area contributed by atoms with Crippen LogP contribution in [-0.4, -0.2) is 18.6 Å². The van der Waals surface area contributed by atoms with Gasteiger partial charge in [-0.3, -0.25) is 9.52 Å². The van der Waals surface area contributed by atoms with E-state index >= 15 is 0 Å². The fourth-order valence-corrected chi connectivity index (χ4v) is 3.03. The molecule has 0 aliphatic rings. The lowest BCUT2D eigenvalue weighted by Crippen LogP contribution is -2.13. The van der Waals surface area contributed by atoms with Gasteiger partial charge in [0.25, 0.3) is 15.6 Å². The highest BCUT2D eigenvalue weighted by Crippen LogP contribution is 2.31. The number of halogens is 3. The summed E-state index contributed by atoms with van der Waals surface area (Å²) in [5.41, 5.74) is -1.51. The van der Waals surface area contributed by atoms with E-state index in [1.54, 1.807) is 0 Å². The van der Waals surface area contributed by atoms with Crippen LogP contribution >= 0.6 is 0 Å². The minimum absolute atomic E-state index is 0.0608. The molecule has 3 aromatic rings. The first-order valence-electron chi connectivity index (χ1n) is 7.01. The number of furan rings is 1. The van der Waals surface area contributed by atoms with Gasteiger partial charge in [0, 0.05) is 11.8 Å². The molecule has 26 heavy (non-hydrogen) atoms. The molecule has 0 spiro atoms. The number of sulfonamides is 1. The van der Waals surface area contributed by atoms with Crippen molar-refractivity contribution in [3.05, 3.63) is 64.4 Å². The van der Waals surface area contributed by atoms with E-state index in [4.69, 9.17) is 4.42 Å². The molecule has 0 saturated heterocycles. The quantitative estimate of drug-likeness (QED) is 0.719. The third-order valence-electron chi connectivity index (χ3n) is 3.22. The molecule has 2 N–H and O–H groups in total.